The highest BCUT2D eigenvalue weighted by atomic mass is 16.7. The quantitative estimate of drug-likeness (QED) is 0.0385. The van der Waals surface area contributed by atoms with Crippen molar-refractivity contribution in [1.29, 1.82) is 0 Å². The SMILES string of the molecule is C/C=C\C.C=CC(=C)CN[C@@H]1CC(O[C@H]2CC(C(=O)COC(=O)CCCC)Cc3c(O)c(C=O)c(C(=O)c4c(C)cccc4OC)c(O)c32)O[C@@H](C)[C@H]1O. The van der Waals surface area contributed by atoms with Crippen LogP contribution in [0.25, 0.3) is 0 Å². The summed E-state index contributed by atoms with van der Waals surface area (Å²) >= 11 is 0. The van der Waals surface area contributed by atoms with Gasteiger partial charge in [0.15, 0.2) is 18.4 Å². The maximum atomic E-state index is 14.1. The standard InChI is InChI=1S/C38H47NO11.C4H8/c1-7-9-13-30(42)48-19-27(41)23-14-24-33(29(15-23)50-31-16-26(35(43)22(5)49-31)39-17-20(3)8-2)38(46)34(25(18-40)36(24)44)37(45)32-21(4)11-10-12-28(32)47-6;1-3-4-2/h8,10-12,18,22-23,26,29,31,35,39,43-44,46H,2-3,7,9,13-17,19H2,1,4-6H3;3-4H,1-2H3/b;4-3-/t22-,23?,26+,29-,31?,35+;/m0./s1. The van der Waals surface area contributed by atoms with E-state index >= 15 is 0 Å². The monoisotopic (exact) mass is 749 g/mol. The number of esters is 1. The molecule has 0 radical (unpaired) electrons. The highest BCUT2D eigenvalue weighted by Crippen LogP contribution is 2.49. The molecule has 0 saturated carbocycles. The zero-order valence-corrected chi connectivity index (χ0v) is 32.2. The predicted octanol–water partition coefficient (Wildman–Crippen LogP) is 6.16. The molecule has 2 unspecified atom stereocenters. The number of nitrogens with one attached hydrogen (secondary N) is 1. The molecule has 1 fully saturated rings. The number of aliphatic hydroxyl groups excluding tert-OH is 1. The summed E-state index contributed by atoms with van der Waals surface area (Å²) in [5.74, 6) is -3.53. The number of fused-ring (bicyclic) bond motifs is 1. The molecule has 1 aliphatic heterocycles. The number of aromatic hydroxyl groups is 2. The number of hydrogen-bond acceptors (Lipinski definition) is 12. The molecule has 0 spiro atoms. The summed E-state index contributed by atoms with van der Waals surface area (Å²) in [6.07, 6.45) is 3.76. The Morgan fingerprint density at radius 2 is 1.80 bits per heavy atom. The molecule has 2 aromatic carbocycles. The second kappa shape index (κ2) is 20.7. The highest BCUT2D eigenvalue weighted by molar-refractivity contribution is 6.17. The second-order valence-electron chi connectivity index (χ2n) is 13.5. The zero-order chi connectivity index (χ0) is 40.1. The fourth-order valence-corrected chi connectivity index (χ4v) is 6.53. The Bertz CT molecular complexity index is 1710. The Labute approximate surface area is 317 Å². The number of aryl methyl sites for hydroxylation is 1. The number of phenols is 2. The topological polar surface area (TPSA) is 178 Å². The van der Waals surface area contributed by atoms with Gasteiger partial charge >= 0.3 is 5.97 Å². The molecule has 0 amide bonds. The first-order valence-electron chi connectivity index (χ1n) is 18.3. The van der Waals surface area contributed by atoms with Crippen LogP contribution in [0.5, 0.6) is 17.2 Å². The van der Waals surface area contributed by atoms with Gasteiger partial charge in [0.2, 0.25) is 5.78 Å². The number of ketones is 2. The van der Waals surface area contributed by atoms with E-state index in [0.29, 0.717) is 24.1 Å². The van der Waals surface area contributed by atoms with Crippen LogP contribution in [0.1, 0.15) is 109 Å². The number of ether oxygens (including phenoxy) is 4. The summed E-state index contributed by atoms with van der Waals surface area (Å²) in [6.45, 7) is 16.7. The lowest BCUT2D eigenvalue weighted by atomic mass is 9.76. The Balaban J connectivity index is 0.00000186. The molecule has 1 saturated heterocycles. The molecule has 2 aromatic rings. The van der Waals surface area contributed by atoms with Gasteiger partial charge in [-0.2, -0.15) is 0 Å². The number of aldehydes is 1. The Morgan fingerprint density at radius 1 is 1.09 bits per heavy atom. The summed E-state index contributed by atoms with van der Waals surface area (Å²) in [5, 5.41) is 37.5. The van der Waals surface area contributed by atoms with Crippen molar-refractivity contribution in [3.8, 4) is 17.2 Å². The smallest absolute Gasteiger partial charge is 0.306 e. The zero-order valence-electron chi connectivity index (χ0n) is 32.2. The van der Waals surface area contributed by atoms with Crippen LogP contribution in [0.4, 0.5) is 0 Å². The van der Waals surface area contributed by atoms with Crippen LogP contribution in [0, 0.1) is 12.8 Å². The van der Waals surface area contributed by atoms with Crippen LogP contribution >= 0.6 is 0 Å². The van der Waals surface area contributed by atoms with E-state index in [4.69, 9.17) is 18.9 Å². The van der Waals surface area contributed by atoms with Gasteiger partial charge in [-0.15, -0.1) is 0 Å². The molecule has 12 heteroatoms. The first-order valence-corrected chi connectivity index (χ1v) is 18.3. The maximum absolute atomic E-state index is 14.1. The molecule has 1 heterocycles. The fraction of sp³-hybridized carbons (Fsp3) is 0.476. The Hall–Kier alpha value is -4.62. The summed E-state index contributed by atoms with van der Waals surface area (Å²) in [5.41, 5.74) is 0.490. The highest BCUT2D eigenvalue weighted by Gasteiger charge is 2.43. The number of carbonyl (C=O) groups excluding carboxylic acids is 4. The van der Waals surface area contributed by atoms with Gasteiger partial charge in [0.1, 0.15) is 23.9 Å². The van der Waals surface area contributed by atoms with Gasteiger partial charge in [-0.3, -0.25) is 19.2 Å². The van der Waals surface area contributed by atoms with Gasteiger partial charge < -0.3 is 39.6 Å². The minimum Gasteiger partial charge on any atom is -0.507 e. The van der Waals surface area contributed by atoms with Crippen molar-refractivity contribution in [3.05, 3.63) is 88.5 Å². The Kier molecular flexibility index (Phi) is 16.8. The van der Waals surface area contributed by atoms with Crippen LogP contribution in [0.15, 0.2) is 55.2 Å². The van der Waals surface area contributed by atoms with E-state index in [1.54, 1.807) is 38.1 Å². The van der Waals surface area contributed by atoms with E-state index in [1.807, 2.05) is 32.9 Å². The number of hydrogen-bond donors (Lipinski definition) is 4. The molecular weight excluding hydrogens is 694 g/mol. The first-order chi connectivity index (χ1) is 25.8. The maximum Gasteiger partial charge on any atom is 0.306 e. The number of aliphatic hydroxyl groups is 1. The van der Waals surface area contributed by atoms with Crippen LogP contribution in [-0.2, 0) is 30.2 Å². The second-order valence-corrected chi connectivity index (χ2v) is 13.5. The summed E-state index contributed by atoms with van der Waals surface area (Å²) in [7, 11) is 1.38. The van der Waals surface area contributed by atoms with Crippen molar-refractivity contribution < 1.29 is 53.4 Å². The van der Waals surface area contributed by atoms with E-state index in [2.05, 4.69) is 18.5 Å². The van der Waals surface area contributed by atoms with Crippen molar-refractivity contribution in [2.24, 2.45) is 5.92 Å². The molecular formula is C42H55NO11. The third kappa shape index (κ3) is 10.5. The van der Waals surface area contributed by atoms with Gasteiger partial charge in [-0.1, -0.05) is 56.9 Å². The number of phenolic OH excluding ortho intramolecular Hbond substituents is 2. The van der Waals surface area contributed by atoms with Crippen molar-refractivity contribution in [2.75, 3.05) is 20.3 Å². The van der Waals surface area contributed by atoms with E-state index in [9.17, 15) is 34.5 Å². The van der Waals surface area contributed by atoms with E-state index in [0.717, 1.165) is 6.42 Å². The number of carbonyl (C=O) groups is 4. The molecule has 4 rings (SSSR count). The number of Topliss-reactive ketones (excluding diaryl/α,β-unsaturated/α-hetero) is 1. The molecule has 4 N–H and O–H groups in total. The summed E-state index contributed by atoms with van der Waals surface area (Å²) in [4.78, 5) is 52.3. The number of allylic oxidation sites excluding steroid dienone is 2. The normalized spacial score (nSPS) is 22.0. The van der Waals surface area contributed by atoms with Gasteiger partial charge in [-0.25, -0.2) is 0 Å². The lowest BCUT2D eigenvalue weighted by molar-refractivity contribution is -0.246. The van der Waals surface area contributed by atoms with Crippen molar-refractivity contribution in [3.63, 3.8) is 0 Å². The summed E-state index contributed by atoms with van der Waals surface area (Å²) < 4.78 is 23.1. The molecule has 2 aliphatic rings. The van der Waals surface area contributed by atoms with Gasteiger partial charge in [0.25, 0.3) is 0 Å². The van der Waals surface area contributed by atoms with Gasteiger partial charge in [-0.05, 0) is 64.2 Å². The average Bonchev–Trinajstić information content (AvgIpc) is 3.17. The predicted molar refractivity (Wildman–Crippen MR) is 204 cm³/mol. The fourth-order valence-electron chi connectivity index (χ4n) is 6.53. The number of methoxy groups -OCH3 is 1. The third-order valence-electron chi connectivity index (χ3n) is 9.73. The van der Waals surface area contributed by atoms with Gasteiger partial charge in [0.05, 0.1) is 42.1 Å². The molecule has 0 aromatic heterocycles. The number of rotatable bonds is 16. The van der Waals surface area contributed by atoms with E-state index < -0.39 is 83.3 Å². The third-order valence-corrected chi connectivity index (χ3v) is 9.73. The van der Waals surface area contributed by atoms with Crippen LogP contribution in [0.3, 0.4) is 0 Å². The lowest BCUT2D eigenvalue weighted by Crippen LogP contribution is -2.54. The van der Waals surface area contributed by atoms with Crippen LogP contribution < -0.4 is 10.1 Å². The molecule has 54 heavy (non-hydrogen) atoms. The minimum atomic E-state index is -1.13. The van der Waals surface area contributed by atoms with Crippen molar-refractivity contribution in [2.45, 2.75) is 104 Å². The molecule has 0 bridgehead atoms. The molecule has 12 nitrogen and oxygen atoms in total. The number of unbranched alkanes of at least 4 members (excludes halogenated alkanes) is 1. The van der Waals surface area contributed by atoms with Crippen LogP contribution in [0.2, 0.25) is 0 Å². The van der Waals surface area contributed by atoms with E-state index in [-0.39, 0.29) is 54.4 Å². The Morgan fingerprint density at radius 3 is 2.41 bits per heavy atom. The average molecular weight is 750 g/mol. The number of benzene rings is 2. The molecule has 1 aliphatic carbocycles. The largest absolute Gasteiger partial charge is 0.507 e. The van der Waals surface area contributed by atoms with E-state index in [1.165, 1.54) is 7.11 Å². The lowest BCUT2D eigenvalue weighted by Gasteiger charge is -2.41. The minimum absolute atomic E-state index is 0.0277. The van der Waals surface area contributed by atoms with Crippen molar-refractivity contribution in [1.82, 2.24) is 5.32 Å². The molecule has 6 atom stereocenters. The van der Waals surface area contributed by atoms with Gasteiger partial charge in [0, 0.05) is 42.5 Å². The molecule has 294 valence electrons. The summed E-state index contributed by atoms with van der Waals surface area (Å²) in [6, 6.07) is 4.44. The van der Waals surface area contributed by atoms with Crippen molar-refractivity contribution >= 4 is 23.8 Å². The van der Waals surface area contributed by atoms with Crippen LogP contribution in [-0.4, -0.2) is 83.9 Å². The first kappa shape index (κ1) is 43.8.